The van der Waals surface area contributed by atoms with Crippen LogP contribution in [0.4, 0.5) is 0 Å². The van der Waals surface area contributed by atoms with Crippen molar-refractivity contribution in [2.24, 2.45) is 11.1 Å². The largest absolute Gasteiger partial charge is 0.330 e. The van der Waals surface area contributed by atoms with Gasteiger partial charge in [-0.2, -0.15) is 11.8 Å². The van der Waals surface area contributed by atoms with Crippen molar-refractivity contribution in [3.63, 3.8) is 0 Å². The monoisotopic (exact) mass is 200 g/mol. The van der Waals surface area contributed by atoms with Gasteiger partial charge in [0.05, 0.1) is 0 Å². The number of nitrogens with two attached hydrogens (primary N) is 1. The van der Waals surface area contributed by atoms with Gasteiger partial charge in [-0.15, -0.1) is 0 Å². The molecule has 2 N–H and O–H groups in total. The summed E-state index contributed by atoms with van der Waals surface area (Å²) in [6, 6.07) is 0.860. The van der Waals surface area contributed by atoms with Crippen LogP contribution >= 0.6 is 11.8 Å². The lowest BCUT2D eigenvalue weighted by atomic mass is 9.90. The van der Waals surface area contributed by atoms with Crippen molar-refractivity contribution in [3.8, 4) is 0 Å². The molecular formula is C10H20N2S. The van der Waals surface area contributed by atoms with Crippen LogP contribution in [0.15, 0.2) is 0 Å². The van der Waals surface area contributed by atoms with Crippen molar-refractivity contribution in [2.45, 2.75) is 25.8 Å². The van der Waals surface area contributed by atoms with Gasteiger partial charge >= 0.3 is 0 Å². The highest BCUT2D eigenvalue weighted by Crippen LogP contribution is 2.33. The minimum atomic E-state index is 0.410. The van der Waals surface area contributed by atoms with Crippen molar-refractivity contribution < 1.29 is 0 Å². The van der Waals surface area contributed by atoms with Crippen molar-refractivity contribution in [3.05, 3.63) is 0 Å². The van der Waals surface area contributed by atoms with Gasteiger partial charge in [0.2, 0.25) is 0 Å². The van der Waals surface area contributed by atoms with Crippen LogP contribution in [0.1, 0.15) is 19.8 Å². The third-order valence-corrected chi connectivity index (χ3v) is 4.65. The molecule has 2 atom stereocenters. The summed E-state index contributed by atoms with van der Waals surface area (Å²) in [6.07, 6.45) is 2.69. The molecule has 2 fully saturated rings. The highest BCUT2D eigenvalue weighted by molar-refractivity contribution is 7.99. The van der Waals surface area contributed by atoms with Crippen LogP contribution in [0.3, 0.4) is 0 Å². The van der Waals surface area contributed by atoms with E-state index in [4.69, 9.17) is 5.73 Å². The molecule has 0 aromatic rings. The van der Waals surface area contributed by atoms with E-state index in [0.29, 0.717) is 5.41 Å². The second-order valence-electron chi connectivity index (χ2n) is 4.75. The lowest BCUT2D eigenvalue weighted by Gasteiger charge is -2.26. The van der Waals surface area contributed by atoms with Gasteiger partial charge in [0, 0.05) is 18.3 Å². The molecule has 76 valence electrons. The first-order chi connectivity index (χ1) is 6.23. The molecule has 0 bridgehead atoms. The van der Waals surface area contributed by atoms with Crippen molar-refractivity contribution >= 4 is 11.8 Å². The second kappa shape index (κ2) is 3.79. The number of thioether (sulfide) groups is 1. The van der Waals surface area contributed by atoms with Crippen LogP contribution < -0.4 is 5.73 Å². The summed E-state index contributed by atoms with van der Waals surface area (Å²) in [4.78, 5) is 2.66. The topological polar surface area (TPSA) is 29.3 Å². The van der Waals surface area contributed by atoms with Gasteiger partial charge in [-0.3, -0.25) is 4.90 Å². The molecule has 0 radical (unpaired) electrons. The summed E-state index contributed by atoms with van der Waals surface area (Å²) < 4.78 is 0. The highest BCUT2D eigenvalue weighted by Gasteiger charge is 2.36. The van der Waals surface area contributed by atoms with E-state index in [2.05, 4.69) is 23.6 Å². The lowest BCUT2D eigenvalue weighted by Crippen LogP contribution is -2.37. The number of hydrogen-bond donors (Lipinski definition) is 1. The summed E-state index contributed by atoms with van der Waals surface area (Å²) in [6.45, 7) is 5.69. The molecule has 2 rings (SSSR count). The van der Waals surface area contributed by atoms with Crippen LogP contribution in [0.5, 0.6) is 0 Å². The maximum atomic E-state index is 5.80. The average molecular weight is 200 g/mol. The van der Waals surface area contributed by atoms with Crippen molar-refractivity contribution in [2.75, 3.05) is 31.1 Å². The predicted molar refractivity (Wildman–Crippen MR) is 59.1 cm³/mol. The molecule has 2 aliphatic rings. The van der Waals surface area contributed by atoms with Gasteiger partial charge in [0.15, 0.2) is 0 Å². The Morgan fingerprint density at radius 3 is 3.00 bits per heavy atom. The second-order valence-corrected chi connectivity index (χ2v) is 5.90. The Morgan fingerprint density at radius 1 is 1.62 bits per heavy atom. The molecule has 0 spiro atoms. The fourth-order valence-corrected chi connectivity index (χ4v) is 3.61. The zero-order valence-electron chi connectivity index (χ0n) is 8.46. The SMILES string of the molecule is CC1(CN)CCN(C2CCSC2)C1. The molecule has 2 nitrogen and oxygen atoms in total. The van der Waals surface area contributed by atoms with Gasteiger partial charge in [0.1, 0.15) is 0 Å². The first kappa shape index (κ1) is 9.81. The van der Waals surface area contributed by atoms with E-state index in [9.17, 15) is 0 Å². The zero-order chi connectivity index (χ0) is 9.31. The summed E-state index contributed by atoms with van der Waals surface area (Å²) in [5.74, 6) is 2.71. The van der Waals surface area contributed by atoms with Crippen LogP contribution in [-0.2, 0) is 0 Å². The highest BCUT2D eigenvalue weighted by atomic mass is 32.2. The summed E-state index contributed by atoms with van der Waals surface area (Å²) in [5.41, 5.74) is 6.21. The van der Waals surface area contributed by atoms with E-state index >= 15 is 0 Å². The lowest BCUT2D eigenvalue weighted by molar-refractivity contribution is 0.229. The number of hydrogen-bond acceptors (Lipinski definition) is 3. The van der Waals surface area contributed by atoms with E-state index in [1.807, 2.05) is 0 Å². The summed E-state index contributed by atoms with van der Waals surface area (Å²) in [7, 11) is 0. The van der Waals surface area contributed by atoms with E-state index in [-0.39, 0.29) is 0 Å². The van der Waals surface area contributed by atoms with E-state index in [1.54, 1.807) is 0 Å². The Kier molecular flexibility index (Phi) is 2.86. The molecule has 2 aliphatic heterocycles. The maximum absolute atomic E-state index is 5.80. The molecule has 0 aromatic carbocycles. The number of rotatable bonds is 2. The van der Waals surface area contributed by atoms with Gasteiger partial charge < -0.3 is 5.73 Å². The molecular weight excluding hydrogens is 180 g/mol. The van der Waals surface area contributed by atoms with Gasteiger partial charge in [-0.25, -0.2) is 0 Å². The smallest absolute Gasteiger partial charge is 0.0194 e. The fourth-order valence-electron chi connectivity index (χ4n) is 2.35. The third-order valence-electron chi connectivity index (χ3n) is 3.50. The minimum absolute atomic E-state index is 0.410. The Labute approximate surface area is 85.2 Å². The third kappa shape index (κ3) is 2.03. The molecule has 0 aromatic heterocycles. The molecule has 0 amide bonds. The van der Waals surface area contributed by atoms with Gasteiger partial charge in [-0.1, -0.05) is 6.92 Å². The zero-order valence-corrected chi connectivity index (χ0v) is 9.28. The molecule has 0 aliphatic carbocycles. The Hall–Kier alpha value is 0.270. The van der Waals surface area contributed by atoms with Crippen molar-refractivity contribution in [1.82, 2.24) is 4.90 Å². The van der Waals surface area contributed by atoms with Crippen molar-refractivity contribution in [1.29, 1.82) is 0 Å². The summed E-state index contributed by atoms with van der Waals surface area (Å²) in [5, 5.41) is 0. The maximum Gasteiger partial charge on any atom is 0.0194 e. The van der Waals surface area contributed by atoms with E-state index in [1.165, 1.54) is 37.4 Å². The van der Waals surface area contributed by atoms with Crippen LogP contribution in [0.2, 0.25) is 0 Å². The molecule has 2 heterocycles. The Morgan fingerprint density at radius 2 is 2.46 bits per heavy atom. The standard InChI is InChI=1S/C10H20N2S/c1-10(7-11)3-4-12(8-10)9-2-5-13-6-9/h9H,2-8,11H2,1H3. The number of likely N-dealkylation sites (tertiary alicyclic amines) is 1. The molecule has 0 saturated carbocycles. The predicted octanol–water partition coefficient (Wildman–Crippen LogP) is 1.16. The van der Waals surface area contributed by atoms with E-state index < -0.39 is 0 Å². The minimum Gasteiger partial charge on any atom is -0.330 e. The van der Waals surface area contributed by atoms with Gasteiger partial charge in [0.25, 0.3) is 0 Å². The normalized spacial score (nSPS) is 41.5. The average Bonchev–Trinajstić information content (AvgIpc) is 2.73. The van der Waals surface area contributed by atoms with Crippen LogP contribution in [0, 0.1) is 5.41 Å². The Bertz CT molecular complexity index is 180. The number of nitrogens with zero attached hydrogens (tertiary/aromatic N) is 1. The van der Waals surface area contributed by atoms with Gasteiger partial charge in [-0.05, 0) is 37.1 Å². The first-order valence-electron chi connectivity index (χ1n) is 5.25. The molecule has 3 heteroatoms. The first-order valence-corrected chi connectivity index (χ1v) is 6.41. The quantitative estimate of drug-likeness (QED) is 0.725. The van der Waals surface area contributed by atoms with E-state index in [0.717, 1.165) is 12.6 Å². The van der Waals surface area contributed by atoms with Crippen LogP contribution in [-0.4, -0.2) is 42.1 Å². The Balaban J connectivity index is 1.90. The fraction of sp³-hybridized carbons (Fsp3) is 1.00. The molecule has 2 saturated heterocycles. The summed E-state index contributed by atoms with van der Waals surface area (Å²) >= 11 is 2.10. The molecule has 2 unspecified atom stereocenters. The van der Waals surface area contributed by atoms with Crippen LogP contribution in [0.25, 0.3) is 0 Å². The molecule has 13 heavy (non-hydrogen) atoms.